The average molecular weight is 183 g/mol. The van der Waals surface area contributed by atoms with Crippen LogP contribution in [0.2, 0.25) is 0 Å². The van der Waals surface area contributed by atoms with Crippen LogP contribution in [0.1, 0.15) is 20.8 Å². The molecule has 0 spiro atoms. The number of rotatable bonds is 1. The number of nitrogens with zero attached hydrogens (tertiary/aromatic N) is 1. The lowest BCUT2D eigenvalue weighted by Crippen LogP contribution is -2.27. The Morgan fingerprint density at radius 1 is 1.42 bits per heavy atom. The Morgan fingerprint density at radius 3 is 2.50 bits per heavy atom. The van der Waals surface area contributed by atoms with Gasteiger partial charge in [-0.05, 0) is 44.1 Å². The first-order chi connectivity index (χ1) is 5.52. The van der Waals surface area contributed by atoms with Crippen molar-refractivity contribution in [3.63, 3.8) is 0 Å². The van der Waals surface area contributed by atoms with Gasteiger partial charge in [-0.3, -0.25) is 4.98 Å². The number of hydrogen-bond donors (Lipinski definition) is 0. The fraction of sp³-hybridized carbons (Fsp3) is 0.444. The summed E-state index contributed by atoms with van der Waals surface area (Å²) in [5.74, 6) is 0. The van der Waals surface area contributed by atoms with Gasteiger partial charge in [0.2, 0.25) is 0 Å². The minimum absolute atomic E-state index is 0.205. The summed E-state index contributed by atoms with van der Waals surface area (Å²) in [5, 5.41) is 0. The Morgan fingerprint density at radius 2 is 2.08 bits per heavy atom. The Kier molecular flexibility index (Phi) is 2.75. The monoisotopic (exact) mass is 183 g/mol. The normalized spacial score (nSPS) is 14.3. The van der Waals surface area contributed by atoms with Crippen LogP contribution in [0.4, 0.5) is 0 Å². The molecule has 0 radical (unpaired) electrons. The molecule has 0 N–H and O–H groups in total. The van der Waals surface area contributed by atoms with Crippen LogP contribution >= 0.6 is 0 Å². The van der Waals surface area contributed by atoms with Gasteiger partial charge >= 0.3 is 0 Å². The third kappa shape index (κ3) is 2.22. The fourth-order valence-electron chi connectivity index (χ4n) is 0.810. The zero-order chi connectivity index (χ0) is 9.19. The van der Waals surface area contributed by atoms with E-state index in [0.717, 1.165) is 4.90 Å². The van der Waals surface area contributed by atoms with Crippen molar-refractivity contribution < 1.29 is 4.55 Å². The summed E-state index contributed by atoms with van der Waals surface area (Å²) in [4.78, 5) is 4.72. The summed E-state index contributed by atoms with van der Waals surface area (Å²) in [6, 6.07) is 3.65. The van der Waals surface area contributed by atoms with Crippen LogP contribution in [0, 0.1) is 0 Å². The zero-order valence-corrected chi connectivity index (χ0v) is 8.39. The molecule has 0 aromatic carbocycles. The van der Waals surface area contributed by atoms with E-state index in [1.54, 1.807) is 18.5 Å². The number of hydrogen-bond acceptors (Lipinski definition) is 2. The molecule has 0 aliphatic heterocycles. The van der Waals surface area contributed by atoms with Gasteiger partial charge in [-0.1, -0.05) is 0 Å². The zero-order valence-electron chi connectivity index (χ0n) is 7.57. The number of pyridine rings is 1. The van der Waals surface area contributed by atoms with Gasteiger partial charge in [-0.15, -0.1) is 0 Å². The van der Waals surface area contributed by atoms with Crippen LogP contribution in [0.5, 0.6) is 0 Å². The van der Waals surface area contributed by atoms with Crippen molar-refractivity contribution in [2.45, 2.75) is 30.4 Å². The molecule has 2 nitrogen and oxygen atoms in total. The predicted molar refractivity (Wildman–Crippen MR) is 50.4 cm³/mol. The van der Waals surface area contributed by atoms with Gasteiger partial charge < -0.3 is 4.55 Å². The van der Waals surface area contributed by atoms with E-state index < -0.39 is 11.2 Å². The molecule has 1 rings (SSSR count). The Labute approximate surface area is 76.2 Å². The van der Waals surface area contributed by atoms with Crippen LogP contribution in [0.15, 0.2) is 29.4 Å². The Balaban J connectivity index is 2.86. The summed E-state index contributed by atoms with van der Waals surface area (Å²) in [7, 11) is 0. The molecular weight excluding hydrogens is 170 g/mol. The molecule has 66 valence electrons. The topological polar surface area (TPSA) is 36.0 Å². The van der Waals surface area contributed by atoms with E-state index in [1.807, 2.05) is 26.8 Å². The predicted octanol–water partition coefficient (Wildman–Crippen LogP) is 1.99. The maximum absolute atomic E-state index is 11.7. The van der Waals surface area contributed by atoms with Gasteiger partial charge in [-0.25, -0.2) is 0 Å². The van der Waals surface area contributed by atoms with Crippen LogP contribution < -0.4 is 0 Å². The molecule has 1 unspecified atom stereocenters. The van der Waals surface area contributed by atoms with E-state index in [4.69, 9.17) is 0 Å². The summed E-state index contributed by atoms with van der Waals surface area (Å²) in [5.41, 5.74) is 0. The number of aromatic nitrogens is 1. The smallest absolute Gasteiger partial charge is 0.171 e. The van der Waals surface area contributed by atoms with Crippen LogP contribution in [0.25, 0.3) is 0 Å². The summed E-state index contributed by atoms with van der Waals surface area (Å²) < 4.78 is 11.5. The first kappa shape index (κ1) is 9.55. The second-order valence-electron chi connectivity index (χ2n) is 3.57. The third-order valence-electron chi connectivity index (χ3n) is 1.40. The quantitative estimate of drug-likeness (QED) is 0.624. The lowest BCUT2D eigenvalue weighted by molar-refractivity contribution is 0.559. The van der Waals surface area contributed by atoms with Crippen molar-refractivity contribution >= 4 is 11.2 Å². The molecule has 0 aliphatic carbocycles. The highest BCUT2D eigenvalue weighted by atomic mass is 32.2. The Hall–Kier alpha value is -0.540. The second kappa shape index (κ2) is 3.46. The minimum atomic E-state index is -0.963. The van der Waals surface area contributed by atoms with Crippen molar-refractivity contribution in [1.29, 1.82) is 0 Å². The lowest BCUT2D eigenvalue weighted by atomic mass is 10.3. The highest BCUT2D eigenvalue weighted by molar-refractivity contribution is 7.92. The van der Waals surface area contributed by atoms with E-state index in [-0.39, 0.29) is 4.75 Å². The van der Waals surface area contributed by atoms with Crippen LogP contribution in [-0.4, -0.2) is 14.3 Å². The van der Waals surface area contributed by atoms with E-state index in [1.165, 1.54) is 0 Å². The van der Waals surface area contributed by atoms with E-state index in [0.29, 0.717) is 0 Å². The molecule has 1 aromatic rings. The van der Waals surface area contributed by atoms with Crippen molar-refractivity contribution in [3.05, 3.63) is 24.5 Å². The molecule has 12 heavy (non-hydrogen) atoms. The molecular formula is C9H13NOS. The molecule has 1 atom stereocenters. The molecule has 0 fully saturated rings. The molecule has 1 aromatic heterocycles. The highest BCUT2D eigenvalue weighted by Crippen LogP contribution is 2.23. The van der Waals surface area contributed by atoms with Gasteiger partial charge in [0.25, 0.3) is 0 Å². The molecule has 3 heteroatoms. The highest BCUT2D eigenvalue weighted by Gasteiger charge is 2.27. The van der Waals surface area contributed by atoms with E-state index >= 15 is 0 Å². The van der Waals surface area contributed by atoms with Crippen molar-refractivity contribution in [2.24, 2.45) is 0 Å². The van der Waals surface area contributed by atoms with Crippen LogP contribution in [-0.2, 0) is 11.2 Å². The largest absolute Gasteiger partial charge is 0.611 e. The fourth-order valence-corrected chi connectivity index (χ4v) is 1.88. The standard InChI is InChI=1S/C9H13NOS/c1-9(2,3)12(11)8-5-4-6-10-7-8/h4-7H,1-3H3. The summed E-state index contributed by atoms with van der Waals surface area (Å²) in [6.07, 6.45) is 3.34. The maximum atomic E-state index is 11.7. The molecule has 0 saturated heterocycles. The van der Waals surface area contributed by atoms with E-state index in [9.17, 15) is 4.55 Å². The first-order valence-corrected chi connectivity index (χ1v) is 4.99. The Bertz CT molecular complexity index is 242. The first-order valence-electron chi connectivity index (χ1n) is 3.84. The molecule has 1 heterocycles. The third-order valence-corrected chi connectivity index (χ3v) is 3.19. The molecule has 0 saturated carbocycles. The molecule has 0 amide bonds. The SMILES string of the molecule is CC(C)(C)[S+]([O-])c1cccnc1. The molecule has 0 bridgehead atoms. The second-order valence-corrected chi connectivity index (χ2v) is 5.80. The lowest BCUT2D eigenvalue weighted by Gasteiger charge is -2.23. The summed E-state index contributed by atoms with van der Waals surface area (Å²) >= 11 is -0.963. The van der Waals surface area contributed by atoms with Gasteiger partial charge in [0.15, 0.2) is 4.90 Å². The van der Waals surface area contributed by atoms with Gasteiger partial charge in [0.1, 0.15) is 4.75 Å². The summed E-state index contributed by atoms with van der Waals surface area (Å²) in [6.45, 7) is 5.86. The van der Waals surface area contributed by atoms with Crippen molar-refractivity contribution in [1.82, 2.24) is 4.98 Å². The minimum Gasteiger partial charge on any atom is -0.611 e. The van der Waals surface area contributed by atoms with Crippen molar-refractivity contribution in [2.75, 3.05) is 0 Å². The van der Waals surface area contributed by atoms with E-state index in [2.05, 4.69) is 4.98 Å². The van der Waals surface area contributed by atoms with Crippen LogP contribution in [0.3, 0.4) is 0 Å². The van der Waals surface area contributed by atoms with Gasteiger partial charge in [0.05, 0.1) is 6.20 Å². The molecule has 0 aliphatic rings. The van der Waals surface area contributed by atoms with Gasteiger partial charge in [-0.2, -0.15) is 0 Å². The maximum Gasteiger partial charge on any atom is 0.171 e. The van der Waals surface area contributed by atoms with Crippen molar-refractivity contribution in [3.8, 4) is 0 Å². The van der Waals surface area contributed by atoms with Gasteiger partial charge in [0, 0.05) is 6.20 Å². The average Bonchev–Trinajstić information content (AvgIpc) is 2.03.